The number of morpholine rings is 1. The number of esters is 1. The Balaban J connectivity index is 1.07. The van der Waals surface area contributed by atoms with E-state index in [0.717, 1.165) is 65.0 Å². The van der Waals surface area contributed by atoms with Crippen LogP contribution in [0.2, 0.25) is 0 Å². The number of anilines is 1. The highest BCUT2D eigenvalue weighted by Crippen LogP contribution is 2.57. The van der Waals surface area contributed by atoms with Crippen LogP contribution in [-0.2, 0) is 35.1 Å². The molecule has 66 heavy (non-hydrogen) atoms. The second kappa shape index (κ2) is 18.9. The molecular formula is C49H69N9O8. The Labute approximate surface area is 388 Å². The average molecular weight is 912 g/mol. The maximum absolute atomic E-state index is 14.6. The summed E-state index contributed by atoms with van der Waals surface area (Å²) in [5.74, 6) is -1.34. The van der Waals surface area contributed by atoms with E-state index < -0.39 is 35.8 Å². The number of fused-ring (bicyclic) bond motifs is 8. The average Bonchev–Trinajstić information content (AvgIpc) is 3.91. The van der Waals surface area contributed by atoms with E-state index in [-0.39, 0.29) is 60.6 Å². The van der Waals surface area contributed by atoms with Crippen molar-refractivity contribution < 1.29 is 38.4 Å². The van der Waals surface area contributed by atoms with Gasteiger partial charge >= 0.3 is 12.0 Å². The fourth-order valence-electron chi connectivity index (χ4n) is 11.6. The van der Waals surface area contributed by atoms with Gasteiger partial charge in [-0.05, 0) is 74.4 Å². The lowest BCUT2D eigenvalue weighted by molar-refractivity contribution is -0.150. The molecule has 4 fully saturated rings. The fraction of sp³-hybridized carbons (Fsp3) is 0.653. The molecule has 358 valence electrons. The Morgan fingerprint density at radius 1 is 1.12 bits per heavy atom. The molecule has 7 atom stereocenters. The zero-order chi connectivity index (χ0) is 46.5. The van der Waals surface area contributed by atoms with Gasteiger partial charge in [-0.2, -0.15) is 0 Å². The number of urea groups is 1. The number of nitrogens with zero attached hydrogens (tertiary/aromatic N) is 7. The van der Waals surface area contributed by atoms with E-state index in [9.17, 15) is 19.5 Å². The number of piperidine rings is 1. The first kappa shape index (κ1) is 46.6. The number of benzene rings is 1. The Hall–Kier alpha value is -4.49. The smallest absolute Gasteiger partial charge is 0.320 e. The topological polar surface area (TPSA) is 176 Å². The van der Waals surface area contributed by atoms with Crippen molar-refractivity contribution in [2.75, 3.05) is 78.3 Å². The lowest BCUT2D eigenvalue weighted by Gasteiger charge is -2.42. The minimum absolute atomic E-state index is 0.0838. The number of carbonyl (C=O) groups excluding carboxylic acids is 3. The van der Waals surface area contributed by atoms with Crippen molar-refractivity contribution >= 4 is 40.2 Å². The van der Waals surface area contributed by atoms with Gasteiger partial charge in [0, 0.05) is 112 Å². The molecule has 1 aliphatic carbocycles. The lowest BCUT2D eigenvalue weighted by Crippen LogP contribution is -2.58. The van der Waals surface area contributed by atoms with Crippen LogP contribution in [0.15, 0.2) is 41.5 Å². The van der Waals surface area contributed by atoms with E-state index in [4.69, 9.17) is 28.9 Å². The van der Waals surface area contributed by atoms with Crippen LogP contribution in [0.25, 0.3) is 22.2 Å². The van der Waals surface area contributed by atoms with Crippen molar-refractivity contribution in [3.8, 4) is 11.3 Å². The highest BCUT2D eigenvalue weighted by atomic mass is 16.5. The second-order valence-corrected chi connectivity index (χ2v) is 20.2. The van der Waals surface area contributed by atoms with Crippen molar-refractivity contribution in [2.24, 2.45) is 16.3 Å². The number of aliphatic hydroxyl groups is 1. The highest BCUT2D eigenvalue weighted by Gasteiger charge is 2.48. The first-order valence-corrected chi connectivity index (χ1v) is 24.1. The maximum Gasteiger partial charge on any atom is 0.320 e. The van der Waals surface area contributed by atoms with Crippen LogP contribution in [0.3, 0.4) is 0 Å². The number of likely N-dealkylation sites (tertiary alicyclic amines) is 1. The molecular weight excluding hydrogens is 843 g/mol. The molecule has 9 rings (SSSR count). The number of carbonyl (C=O) groups is 3. The summed E-state index contributed by atoms with van der Waals surface area (Å²) in [7, 11) is 3.40. The molecule has 5 aliphatic heterocycles. The maximum atomic E-state index is 14.6. The number of aliphatic imine (C=N–C) groups is 1. The van der Waals surface area contributed by atoms with E-state index in [1.807, 2.05) is 26.1 Å². The summed E-state index contributed by atoms with van der Waals surface area (Å²) in [4.78, 5) is 57.7. The van der Waals surface area contributed by atoms with Gasteiger partial charge in [-0.1, -0.05) is 27.7 Å². The molecule has 17 heteroatoms. The van der Waals surface area contributed by atoms with Gasteiger partial charge in [0.25, 0.3) is 5.91 Å². The molecule has 6 aliphatic rings. The zero-order valence-electron chi connectivity index (χ0n) is 39.8. The number of hydrazine groups is 1. The third kappa shape index (κ3) is 8.76. The number of cyclic esters (lactones) is 1. The van der Waals surface area contributed by atoms with Gasteiger partial charge in [0.2, 0.25) is 0 Å². The van der Waals surface area contributed by atoms with E-state index in [2.05, 4.69) is 65.2 Å². The van der Waals surface area contributed by atoms with Gasteiger partial charge in [0.15, 0.2) is 6.23 Å². The van der Waals surface area contributed by atoms with Crippen LogP contribution >= 0.6 is 0 Å². The van der Waals surface area contributed by atoms with Gasteiger partial charge in [0.05, 0.1) is 55.2 Å². The molecule has 3 amide bonds. The minimum Gasteiger partial charge on any atom is -0.465 e. The van der Waals surface area contributed by atoms with E-state index in [1.165, 1.54) is 4.90 Å². The number of amides is 3. The largest absolute Gasteiger partial charge is 0.465 e. The number of rotatable bonds is 5. The summed E-state index contributed by atoms with van der Waals surface area (Å²) >= 11 is 0. The SMILES string of the molecule is CCn1c2c3c4cc(ccc41)N1CCO[C@@H](CC(=NC(=O)[C@H](C(C)C)N(C)C(=O)N4CCC5(CC4)CNCO5)C(O)N4CCC[C@@H](CC(=O)OCC(C)(C)C3[C@H](OC)c3ncccc3-2)N4)C1. The predicted molar refractivity (Wildman–Crippen MR) is 250 cm³/mol. The second-order valence-electron chi connectivity index (χ2n) is 20.2. The Morgan fingerprint density at radius 2 is 1.92 bits per heavy atom. The first-order chi connectivity index (χ1) is 31.7. The monoisotopic (exact) mass is 912 g/mol. The molecule has 2 aromatic heterocycles. The number of hydrogen-bond acceptors (Lipinski definition) is 13. The van der Waals surface area contributed by atoms with Crippen molar-refractivity contribution in [1.82, 2.24) is 35.1 Å². The normalized spacial score (nSPS) is 28.7. The highest BCUT2D eigenvalue weighted by molar-refractivity contribution is 6.01. The lowest BCUT2D eigenvalue weighted by atomic mass is 9.67. The van der Waals surface area contributed by atoms with Gasteiger partial charge in [-0.25, -0.2) is 20.2 Å². The summed E-state index contributed by atoms with van der Waals surface area (Å²) in [6.07, 6.45) is 2.76. The van der Waals surface area contributed by atoms with Crippen LogP contribution in [0.5, 0.6) is 0 Å². The zero-order valence-corrected chi connectivity index (χ0v) is 39.8. The third-order valence-electron chi connectivity index (χ3n) is 15.1. The van der Waals surface area contributed by atoms with Crippen LogP contribution in [0.1, 0.15) is 96.4 Å². The van der Waals surface area contributed by atoms with Crippen molar-refractivity contribution in [3.05, 3.63) is 47.8 Å². The van der Waals surface area contributed by atoms with Crippen molar-refractivity contribution in [2.45, 2.75) is 122 Å². The number of likely N-dealkylation sites (N-methyl/N-ethyl adjacent to an activating group) is 1. The summed E-state index contributed by atoms with van der Waals surface area (Å²) in [5, 5.41) is 18.3. The van der Waals surface area contributed by atoms with Crippen LogP contribution < -0.4 is 15.6 Å². The minimum atomic E-state index is -1.31. The number of methoxy groups -OCH3 is 1. The Morgan fingerprint density at radius 3 is 2.65 bits per heavy atom. The molecule has 3 unspecified atom stereocenters. The van der Waals surface area contributed by atoms with Gasteiger partial charge in [-0.3, -0.25) is 19.9 Å². The molecule has 0 saturated carbocycles. The molecule has 1 aromatic carbocycles. The van der Waals surface area contributed by atoms with E-state index >= 15 is 0 Å². The quantitative estimate of drug-likeness (QED) is 0.298. The molecule has 3 N–H and O–H groups in total. The Kier molecular flexibility index (Phi) is 13.3. The number of nitrogens with one attached hydrogen (secondary N) is 2. The number of pyridine rings is 1. The molecule has 6 bridgehead atoms. The molecule has 4 saturated heterocycles. The van der Waals surface area contributed by atoms with E-state index in [0.29, 0.717) is 58.9 Å². The predicted octanol–water partition coefficient (Wildman–Crippen LogP) is 4.82. The van der Waals surface area contributed by atoms with Gasteiger partial charge < -0.3 is 43.3 Å². The first-order valence-electron chi connectivity index (χ1n) is 24.1. The third-order valence-corrected chi connectivity index (χ3v) is 15.1. The number of hydrogen-bond donors (Lipinski definition) is 3. The van der Waals surface area contributed by atoms with Gasteiger partial charge in [0.1, 0.15) is 12.1 Å². The molecule has 0 radical (unpaired) electrons. The number of ether oxygens (including phenoxy) is 4. The molecule has 17 nitrogen and oxygen atoms in total. The number of aliphatic hydroxyl groups excluding tert-OH is 1. The van der Waals surface area contributed by atoms with Crippen molar-refractivity contribution in [3.63, 3.8) is 0 Å². The number of aryl methyl sites for hydroxylation is 1. The number of aromatic nitrogens is 2. The van der Waals surface area contributed by atoms with Crippen LogP contribution in [0.4, 0.5) is 10.5 Å². The van der Waals surface area contributed by atoms with Crippen LogP contribution in [0, 0.1) is 11.3 Å². The van der Waals surface area contributed by atoms with Crippen LogP contribution in [-0.4, -0.2) is 156 Å². The summed E-state index contributed by atoms with van der Waals surface area (Å²) in [6, 6.07) is 9.30. The van der Waals surface area contributed by atoms with Gasteiger partial charge in [-0.15, -0.1) is 0 Å². The standard InChI is InChI=1S/C49H69N9O8/c1-8-57-37-14-13-32-24-35(37)39-40(44(63-7)41-34(43(39)57)12-9-17-51-41)48(4,5)28-65-38(59)23-31-11-10-18-58(53-31)46(61)36(25-33-26-56(32)21-22-64-33)52-45(60)42(30(2)3)54(6)47(62)55-19-15-49(16-20-55)27-50-29-66-49/h9,12-14,17,24,30-31,33,40,42,44,46,50,53,61H,8,10-11,15-16,18-23,25-29H2,1-7H3/t31-,33-,40?,42-,44-,46?/m0/s1. The molecule has 3 aromatic rings. The summed E-state index contributed by atoms with van der Waals surface area (Å²) < 4.78 is 27.4. The summed E-state index contributed by atoms with van der Waals surface area (Å²) in [5.41, 5.74) is 9.09. The van der Waals surface area contributed by atoms with Crippen molar-refractivity contribution in [1.29, 1.82) is 0 Å². The van der Waals surface area contributed by atoms with E-state index in [1.54, 1.807) is 24.1 Å². The Bertz CT molecular complexity index is 2320. The molecule has 1 spiro atoms. The summed E-state index contributed by atoms with van der Waals surface area (Å²) in [6.45, 7) is 15.5. The molecule has 7 heterocycles. The fourth-order valence-corrected chi connectivity index (χ4v) is 11.6.